The molecule has 1 atom stereocenters. The molecule has 0 amide bonds. The van der Waals surface area contributed by atoms with E-state index < -0.39 is 11.9 Å². The van der Waals surface area contributed by atoms with Crippen LogP contribution in [0.1, 0.15) is 12.6 Å². The second kappa shape index (κ2) is 5.52. The lowest BCUT2D eigenvalue weighted by molar-refractivity contribution is -0.141. The summed E-state index contributed by atoms with van der Waals surface area (Å²) in [5, 5.41) is 8.66. The van der Waals surface area contributed by atoms with Crippen LogP contribution >= 0.6 is 11.8 Å². The molecular formula is C8H11F3N4OS. The maximum atomic E-state index is 12.5. The molecule has 0 aliphatic carbocycles. The molecule has 0 bridgehead atoms. The van der Waals surface area contributed by atoms with Gasteiger partial charge in [0.05, 0.1) is 6.61 Å². The number of thioether (sulfide) groups is 1. The zero-order chi connectivity index (χ0) is 13.1. The van der Waals surface area contributed by atoms with E-state index in [0.717, 1.165) is 17.8 Å². The fourth-order valence-electron chi connectivity index (χ4n) is 0.939. The minimum Gasteiger partial charge on any atom is -0.395 e. The van der Waals surface area contributed by atoms with E-state index in [0.29, 0.717) is 0 Å². The number of anilines is 1. The summed E-state index contributed by atoms with van der Waals surface area (Å²) in [4.78, 5) is 6.97. The summed E-state index contributed by atoms with van der Waals surface area (Å²) in [6, 6.07) is 0.817. The second-order valence-electron chi connectivity index (χ2n) is 3.17. The Kier molecular flexibility index (Phi) is 4.54. The average molecular weight is 268 g/mol. The van der Waals surface area contributed by atoms with Gasteiger partial charge in [-0.2, -0.15) is 13.2 Å². The van der Waals surface area contributed by atoms with E-state index in [4.69, 9.17) is 10.9 Å². The molecule has 4 N–H and O–H groups in total. The van der Waals surface area contributed by atoms with Gasteiger partial charge in [-0.1, -0.05) is 6.92 Å². The zero-order valence-electron chi connectivity index (χ0n) is 8.82. The van der Waals surface area contributed by atoms with Crippen LogP contribution in [0.2, 0.25) is 0 Å². The lowest BCUT2D eigenvalue weighted by Gasteiger charge is -2.11. The Balaban J connectivity index is 3.05. The molecule has 1 aromatic heterocycles. The molecule has 0 fully saturated rings. The molecule has 0 aliphatic rings. The van der Waals surface area contributed by atoms with Crippen molar-refractivity contribution in [3.8, 4) is 0 Å². The minimum absolute atomic E-state index is 0.0989. The number of nitrogen functional groups attached to an aromatic ring is 1. The quantitative estimate of drug-likeness (QED) is 0.330. The van der Waals surface area contributed by atoms with Gasteiger partial charge in [0.25, 0.3) is 0 Å². The molecule has 1 unspecified atom stereocenters. The largest absolute Gasteiger partial charge is 0.433 e. The molecule has 96 valence electrons. The van der Waals surface area contributed by atoms with E-state index in [9.17, 15) is 13.2 Å². The summed E-state index contributed by atoms with van der Waals surface area (Å²) in [6.45, 7) is 1.50. The van der Waals surface area contributed by atoms with Crippen molar-refractivity contribution in [3.63, 3.8) is 0 Å². The Morgan fingerprint density at radius 1 is 1.53 bits per heavy atom. The molecule has 0 saturated heterocycles. The number of hydrogen-bond acceptors (Lipinski definition) is 6. The van der Waals surface area contributed by atoms with Crippen LogP contribution in [0.15, 0.2) is 11.1 Å². The predicted molar refractivity (Wildman–Crippen MR) is 57.2 cm³/mol. The van der Waals surface area contributed by atoms with Gasteiger partial charge in [0.15, 0.2) is 5.69 Å². The van der Waals surface area contributed by atoms with E-state index in [1.165, 1.54) is 0 Å². The summed E-state index contributed by atoms with van der Waals surface area (Å²) >= 11 is 1.01. The van der Waals surface area contributed by atoms with Crippen LogP contribution in [-0.4, -0.2) is 26.9 Å². The van der Waals surface area contributed by atoms with Gasteiger partial charge < -0.3 is 5.11 Å². The molecule has 5 nitrogen and oxygen atoms in total. The van der Waals surface area contributed by atoms with Crippen molar-refractivity contribution >= 4 is 17.7 Å². The predicted octanol–water partition coefficient (Wildman–Crippen LogP) is 1.25. The van der Waals surface area contributed by atoms with E-state index in [-0.39, 0.29) is 22.8 Å². The normalized spacial score (nSPS) is 13.5. The Hall–Kier alpha value is -1.06. The fourth-order valence-corrected chi connectivity index (χ4v) is 1.74. The van der Waals surface area contributed by atoms with Crippen molar-refractivity contribution < 1.29 is 18.3 Å². The third-order valence-electron chi connectivity index (χ3n) is 1.70. The highest BCUT2D eigenvalue weighted by molar-refractivity contribution is 7.99. The molecule has 1 heterocycles. The van der Waals surface area contributed by atoms with Crippen molar-refractivity contribution in [1.82, 2.24) is 9.97 Å². The van der Waals surface area contributed by atoms with Gasteiger partial charge in [0, 0.05) is 11.3 Å². The Morgan fingerprint density at radius 3 is 2.65 bits per heavy atom. The van der Waals surface area contributed by atoms with Crippen molar-refractivity contribution in [2.24, 2.45) is 5.84 Å². The number of hydrogen-bond donors (Lipinski definition) is 3. The summed E-state index contributed by atoms with van der Waals surface area (Å²) in [5.41, 5.74) is 0.897. The second-order valence-corrected chi connectivity index (χ2v) is 4.63. The van der Waals surface area contributed by atoms with Gasteiger partial charge in [0.2, 0.25) is 5.95 Å². The van der Waals surface area contributed by atoms with Gasteiger partial charge in [-0.25, -0.2) is 15.8 Å². The Morgan fingerprint density at radius 2 is 2.18 bits per heavy atom. The SMILES string of the molecule is CC(CO)Sc1cc(C(F)(F)F)nc(NN)n1. The molecule has 1 rings (SSSR count). The van der Waals surface area contributed by atoms with Gasteiger partial charge in [-0.15, -0.1) is 11.8 Å². The first-order valence-electron chi connectivity index (χ1n) is 4.57. The summed E-state index contributed by atoms with van der Waals surface area (Å²) in [7, 11) is 0. The van der Waals surface area contributed by atoms with Crippen molar-refractivity contribution in [3.05, 3.63) is 11.8 Å². The van der Waals surface area contributed by atoms with Gasteiger partial charge in [-0.05, 0) is 0 Å². The molecule has 1 aromatic rings. The summed E-state index contributed by atoms with van der Waals surface area (Å²) in [5.74, 6) is 4.68. The van der Waals surface area contributed by atoms with Crippen molar-refractivity contribution in [2.45, 2.75) is 23.4 Å². The average Bonchev–Trinajstić information content (AvgIpc) is 2.27. The van der Waals surface area contributed by atoms with E-state index in [1.54, 1.807) is 6.92 Å². The molecular weight excluding hydrogens is 257 g/mol. The maximum absolute atomic E-state index is 12.5. The van der Waals surface area contributed by atoms with Gasteiger partial charge in [-0.3, -0.25) is 5.43 Å². The molecule has 0 radical (unpaired) electrons. The van der Waals surface area contributed by atoms with Crippen LogP contribution in [0.5, 0.6) is 0 Å². The summed E-state index contributed by atoms with van der Waals surface area (Å²) < 4.78 is 37.5. The van der Waals surface area contributed by atoms with Gasteiger partial charge in [0.1, 0.15) is 5.03 Å². The number of halogens is 3. The highest BCUT2D eigenvalue weighted by Gasteiger charge is 2.33. The maximum Gasteiger partial charge on any atom is 0.433 e. The zero-order valence-corrected chi connectivity index (χ0v) is 9.64. The number of nitrogens with two attached hydrogens (primary N) is 1. The number of nitrogens with one attached hydrogen (secondary N) is 1. The molecule has 0 aromatic carbocycles. The molecule has 0 aliphatic heterocycles. The van der Waals surface area contributed by atoms with Crippen LogP contribution in [-0.2, 0) is 6.18 Å². The smallest absolute Gasteiger partial charge is 0.395 e. The molecule has 9 heteroatoms. The van der Waals surface area contributed by atoms with Crippen molar-refractivity contribution in [2.75, 3.05) is 12.0 Å². The third kappa shape index (κ3) is 4.02. The first-order valence-corrected chi connectivity index (χ1v) is 5.45. The number of nitrogens with zero attached hydrogens (tertiary/aromatic N) is 2. The number of alkyl halides is 3. The fraction of sp³-hybridized carbons (Fsp3) is 0.500. The minimum atomic E-state index is -4.56. The molecule has 17 heavy (non-hydrogen) atoms. The molecule has 0 spiro atoms. The number of aliphatic hydroxyl groups excluding tert-OH is 1. The first kappa shape index (κ1) is 14.0. The van der Waals surface area contributed by atoms with Crippen LogP contribution in [0.25, 0.3) is 0 Å². The standard InChI is InChI=1S/C8H11F3N4OS/c1-4(3-16)17-6-2-5(8(9,10)11)13-7(14-6)15-12/h2,4,16H,3,12H2,1H3,(H,13,14,15). The van der Waals surface area contributed by atoms with Crippen LogP contribution in [0.3, 0.4) is 0 Å². The number of rotatable bonds is 4. The lowest BCUT2D eigenvalue weighted by Crippen LogP contribution is -2.16. The van der Waals surface area contributed by atoms with E-state index in [2.05, 4.69) is 9.97 Å². The summed E-state index contributed by atoms with van der Waals surface area (Å²) in [6.07, 6.45) is -4.56. The highest BCUT2D eigenvalue weighted by atomic mass is 32.2. The number of aromatic nitrogens is 2. The monoisotopic (exact) mass is 268 g/mol. The van der Waals surface area contributed by atoms with Crippen LogP contribution < -0.4 is 11.3 Å². The first-order chi connectivity index (χ1) is 7.86. The van der Waals surface area contributed by atoms with Crippen LogP contribution in [0.4, 0.5) is 19.1 Å². The lowest BCUT2D eigenvalue weighted by atomic mass is 10.4. The Bertz CT molecular complexity index is 388. The van der Waals surface area contributed by atoms with E-state index >= 15 is 0 Å². The number of hydrazine groups is 1. The van der Waals surface area contributed by atoms with Crippen LogP contribution in [0, 0.1) is 0 Å². The Labute approximate surface area is 99.6 Å². The molecule has 0 saturated carbocycles. The van der Waals surface area contributed by atoms with Gasteiger partial charge >= 0.3 is 6.18 Å². The van der Waals surface area contributed by atoms with E-state index in [1.807, 2.05) is 5.43 Å². The third-order valence-corrected chi connectivity index (χ3v) is 2.70. The number of aliphatic hydroxyl groups is 1. The topological polar surface area (TPSA) is 84.1 Å². The van der Waals surface area contributed by atoms with Crippen molar-refractivity contribution in [1.29, 1.82) is 0 Å². The highest BCUT2D eigenvalue weighted by Crippen LogP contribution is 2.31.